The van der Waals surface area contributed by atoms with E-state index in [1.807, 2.05) is 6.08 Å². The number of allylic oxidation sites excluding steroid dienone is 1. The normalized spacial score (nSPS) is 13.4. The summed E-state index contributed by atoms with van der Waals surface area (Å²) >= 11 is 0. The van der Waals surface area contributed by atoms with E-state index in [1.54, 1.807) is 0 Å². The van der Waals surface area contributed by atoms with E-state index in [4.69, 9.17) is 4.43 Å². The number of unbranched alkanes of at least 4 members (excludes halogenated alkanes) is 1. The molecular weight excluding hydrogens is 320 g/mol. The van der Waals surface area contributed by atoms with Crippen molar-refractivity contribution >= 4 is 18.7 Å². The molecule has 0 spiro atoms. The minimum absolute atomic E-state index is 0.0441. The molecule has 0 radical (unpaired) electrons. The fourth-order valence-corrected chi connectivity index (χ4v) is 8.34. The molecule has 2 aromatic rings. The molecule has 25 heavy (non-hydrogen) atoms. The smallest absolute Gasteiger partial charge is 0.261 e. The van der Waals surface area contributed by atoms with E-state index in [9.17, 15) is 0 Å². The Hall–Kier alpha value is -1.64. The van der Waals surface area contributed by atoms with E-state index in [0.717, 1.165) is 19.3 Å². The lowest BCUT2D eigenvalue weighted by Crippen LogP contribution is -2.67. The Bertz CT molecular complexity index is 603. The van der Waals surface area contributed by atoms with Crippen LogP contribution in [-0.4, -0.2) is 14.4 Å². The van der Waals surface area contributed by atoms with Gasteiger partial charge in [0, 0.05) is 6.10 Å². The SMILES string of the molecule is C=CCCC[C@@H](C)O[Si](c1ccccc1)(c1ccccc1)C(C)(C)C. The Kier molecular flexibility index (Phi) is 6.80. The van der Waals surface area contributed by atoms with Crippen molar-refractivity contribution in [2.45, 2.75) is 58.1 Å². The van der Waals surface area contributed by atoms with Gasteiger partial charge in [-0.3, -0.25) is 0 Å². The lowest BCUT2D eigenvalue weighted by molar-refractivity contribution is 0.194. The molecule has 0 bridgehead atoms. The zero-order valence-corrected chi connectivity index (χ0v) is 17.2. The zero-order valence-electron chi connectivity index (χ0n) is 16.2. The molecule has 2 rings (SSSR count). The van der Waals surface area contributed by atoms with Crippen LogP contribution >= 0.6 is 0 Å². The maximum absolute atomic E-state index is 7.03. The third kappa shape index (κ3) is 4.50. The van der Waals surface area contributed by atoms with Gasteiger partial charge in [-0.2, -0.15) is 0 Å². The molecule has 0 saturated carbocycles. The molecule has 134 valence electrons. The highest BCUT2D eigenvalue weighted by Gasteiger charge is 2.50. The van der Waals surface area contributed by atoms with Gasteiger partial charge in [-0.25, -0.2) is 0 Å². The van der Waals surface area contributed by atoms with Crippen LogP contribution in [-0.2, 0) is 4.43 Å². The molecule has 2 heteroatoms. The Balaban J connectivity index is 2.51. The molecule has 0 aromatic heterocycles. The van der Waals surface area contributed by atoms with Crippen molar-refractivity contribution in [2.75, 3.05) is 0 Å². The second-order valence-corrected chi connectivity index (χ2v) is 12.1. The van der Waals surface area contributed by atoms with Crippen LogP contribution in [0.15, 0.2) is 73.3 Å². The molecule has 0 aliphatic carbocycles. The molecule has 0 N–H and O–H groups in total. The topological polar surface area (TPSA) is 9.23 Å². The summed E-state index contributed by atoms with van der Waals surface area (Å²) in [6, 6.07) is 21.7. The van der Waals surface area contributed by atoms with Gasteiger partial charge in [0.1, 0.15) is 0 Å². The van der Waals surface area contributed by atoms with Crippen molar-refractivity contribution in [3.63, 3.8) is 0 Å². The molecule has 0 amide bonds. The Morgan fingerprint density at radius 3 is 1.84 bits per heavy atom. The summed E-state index contributed by atoms with van der Waals surface area (Å²) in [5, 5.41) is 2.75. The van der Waals surface area contributed by atoms with Gasteiger partial charge in [-0.05, 0) is 41.6 Å². The van der Waals surface area contributed by atoms with Crippen LogP contribution in [0.2, 0.25) is 5.04 Å². The second-order valence-electron chi connectivity index (χ2n) is 7.81. The van der Waals surface area contributed by atoms with E-state index in [0.29, 0.717) is 0 Å². The minimum Gasteiger partial charge on any atom is -0.405 e. The lowest BCUT2D eigenvalue weighted by Gasteiger charge is -2.44. The molecule has 0 aliphatic rings. The monoisotopic (exact) mass is 352 g/mol. The summed E-state index contributed by atoms with van der Waals surface area (Å²) in [6.07, 6.45) is 5.47. The Morgan fingerprint density at radius 1 is 0.960 bits per heavy atom. The highest BCUT2D eigenvalue weighted by Crippen LogP contribution is 2.37. The molecule has 2 aromatic carbocycles. The highest BCUT2D eigenvalue weighted by molar-refractivity contribution is 6.99. The Morgan fingerprint density at radius 2 is 1.44 bits per heavy atom. The average molecular weight is 353 g/mol. The predicted molar refractivity (Wildman–Crippen MR) is 112 cm³/mol. The molecule has 0 heterocycles. The van der Waals surface area contributed by atoms with Crippen molar-refractivity contribution in [1.29, 1.82) is 0 Å². The fraction of sp³-hybridized carbons (Fsp3) is 0.391. The van der Waals surface area contributed by atoms with Gasteiger partial charge in [-0.1, -0.05) is 87.5 Å². The van der Waals surface area contributed by atoms with E-state index in [1.165, 1.54) is 10.4 Å². The highest BCUT2D eigenvalue weighted by atomic mass is 28.4. The molecule has 0 aliphatic heterocycles. The van der Waals surface area contributed by atoms with E-state index in [-0.39, 0.29) is 11.1 Å². The summed E-state index contributed by atoms with van der Waals surface area (Å²) in [7, 11) is -2.40. The number of rotatable bonds is 8. The first-order valence-corrected chi connectivity index (χ1v) is 11.2. The van der Waals surface area contributed by atoms with Crippen LogP contribution in [0.1, 0.15) is 47.0 Å². The quantitative estimate of drug-likeness (QED) is 0.355. The molecule has 0 fully saturated rings. The molecular formula is C23H32OSi. The minimum atomic E-state index is -2.40. The van der Waals surface area contributed by atoms with Gasteiger partial charge in [0.15, 0.2) is 0 Å². The van der Waals surface area contributed by atoms with Gasteiger partial charge in [-0.15, -0.1) is 6.58 Å². The first-order chi connectivity index (χ1) is 11.9. The summed E-state index contributed by atoms with van der Waals surface area (Å²) in [5.41, 5.74) is 0. The van der Waals surface area contributed by atoms with Gasteiger partial charge >= 0.3 is 0 Å². The maximum Gasteiger partial charge on any atom is 0.261 e. The van der Waals surface area contributed by atoms with Crippen LogP contribution in [0.3, 0.4) is 0 Å². The third-order valence-corrected chi connectivity index (χ3v) is 9.97. The molecule has 0 unspecified atom stereocenters. The van der Waals surface area contributed by atoms with Gasteiger partial charge in [0.25, 0.3) is 8.32 Å². The molecule has 0 saturated heterocycles. The average Bonchev–Trinajstić information content (AvgIpc) is 2.60. The largest absolute Gasteiger partial charge is 0.405 e. The van der Waals surface area contributed by atoms with Crippen LogP contribution in [0.5, 0.6) is 0 Å². The zero-order chi connectivity index (χ0) is 18.3. The maximum atomic E-state index is 7.03. The Labute approximate surface area is 154 Å². The van der Waals surface area contributed by atoms with Crippen LogP contribution < -0.4 is 10.4 Å². The molecule has 1 atom stereocenters. The van der Waals surface area contributed by atoms with E-state index >= 15 is 0 Å². The number of benzene rings is 2. The fourth-order valence-electron chi connectivity index (χ4n) is 3.60. The van der Waals surface area contributed by atoms with Crippen molar-refractivity contribution in [3.05, 3.63) is 73.3 Å². The van der Waals surface area contributed by atoms with Crippen molar-refractivity contribution < 1.29 is 4.43 Å². The number of hydrogen-bond acceptors (Lipinski definition) is 1. The van der Waals surface area contributed by atoms with Crippen LogP contribution in [0.4, 0.5) is 0 Å². The summed E-state index contributed by atoms with van der Waals surface area (Å²) in [6.45, 7) is 13.0. The van der Waals surface area contributed by atoms with Gasteiger partial charge in [0.05, 0.1) is 0 Å². The summed E-state index contributed by atoms with van der Waals surface area (Å²) in [5.74, 6) is 0. The standard InChI is InChI=1S/C23H32OSi/c1-6-7-10-15-20(2)24-25(23(3,4)5,21-16-11-8-12-17-21)22-18-13-9-14-19-22/h6,8-9,11-14,16-20H,1,7,10,15H2,2-5H3/t20-/m1/s1. The van der Waals surface area contributed by atoms with Gasteiger partial charge in [0.2, 0.25) is 0 Å². The van der Waals surface area contributed by atoms with Gasteiger partial charge < -0.3 is 4.43 Å². The third-order valence-electron chi connectivity index (χ3n) is 4.81. The first kappa shape index (κ1) is 19.7. The van der Waals surface area contributed by atoms with E-state index in [2.05, 4.69) is 94.9 Å². The van der Waals surface area contributed by atoms with E-state index < -0.39 is 8.32 Å². The van der Waals surface area contributed by atoms with Crippen molar-refractivity contribution in [2.24, 2.45) is 0 Å². The van der Waals surface area contributed by atoms with Crippen LogP contribution in [0, 0.1) is 0 Å². The van der Waals surface area contributed by atoms with Crippen molar-refractivity contribution in [3.8, 4) is 0 Å². The first-order valence-electron chi connectivity index (χ1n) is 9.31. The van der Waals surface area contributed by atoms with Crippen LogP contribution in [0.25, 0.3) is 0 Å². The van der Waals surface area contributed by atoms with Crippen molar-refractivity contribution in [1.82, 2.24) is 0 Å². The summed E-state index contributed by atoms with van der Waals surface area (Å²) < 4.78 is 7.03. The number of hydrogen-bond donors (Lipinski definition) is 0. The second kappa shape index (κ2) is 8.64. The summed E-state index contributed by atoms with van der Waals surface area (Å²) in [4.78, 5) is 0. The predicted octanol–water partition coefficient (Wildman–Crippen LogP) is 5.31. The molecule has 1 nitrogen and oxygen atoms in total. The lowest BCUT2D eigenvalue weighted by atomic mass is 10.2.